The second-order valence-electron chi connectivity index (χ2n) is 4.37. The summed E-state index contributed by atoms with van der Waals surface area (Å²) in [4.78, 5) is 13.7. The fourth-order valence-corrected chi connectivity index (χ4v) is 2.05. The second-order valence-corrected chi connectivity index (χ2v) is 4.78. The van der Waals surface area contributed by atoms with Gasteiger partial charge >= 0.3 is 0 Å². The second kappa shape index (κ2) is 8.12. The third-order valence-corrected chi connectivity index (χ3v) is 3.20. The van der Waals surface area contributed by atoms with Gasteiger partial charge in [-0.25, -0.2) is 4.39 Å². The molecule has 106 valence electrons. The molecule has 0 saturated heterocycles. The van der Waals surface area contributed by atoms with Crippen LogP contribution in [0.3, 0.4) is 0 Å². The minimum absolute atomic E-state index is 0.00974. The Kier molecular flexibility index (Phi) is 6.81. The Balaban J connectivity index is 2.80. The van der Waals surface area contributed by atoms with Gasteiger partial charge in [-0.2, -0.15) is 0 Å². The smallest absolute Gasteiger partial charge is 0.224 e. The third kappa shape index (κ3) is 4.80. The molecule has 0 aromatic heterocycles. The molecule has 1 N–H and O–H groups in total. The Labute approximate surface area is 118 Å². The third-order valence-electron chi connectivity index (χ3n) is 2.85. The van der Waals surface area contributed by atoms with Gasteiger partial charge in [0, 0.05) is 36.6 Å². The molecule has 0 bridgehead atoms. The first-order chi connectivity index (χ1) is 9.10. The fraction of sp³-hybridized carbons (Fsp3) is 0.500. The van der Waals surface area contributed by atoms with Gasteiger partial charge in [-0.1, -0.05) is 24.6 Å². The predicted molar refractivity (Wildman–Crippen MR) is 75.7 cm³/mol. The van der Waals surface area contributed by atoms with Crippen molar-refractivity contribution in [1.82, 2.24) is 10.2 Å². The van der Waals surface area contributed by atoms with Gasteiger partial charge in [0.15, 0.2) is 0 Å². The molecule has 0 atom stereocenters. The van der Waals surface area contributed by atoms with Crippen LogP contribution in [0.5, 0.6) is 0 Å². The van der Waals surface area contributed by atoms with Crippen LogP contribution in [0, 0.1) is 5.82 Å². The summed E-state index contributed by atoms with van der Waals surface area (Å²) in [5.41, 5.74) is 0.385. The Morgan fingerprint density at radius 2 is 2.21 bits per heavy atom. The summed E-state index contributed by atoms with van der Waals surface area (Å²) in [5.74, 6) is -0.356. The van der Waals surface area contributed by atoms with Crippen LogP contribution in [0.15, 0.2) is 18.2 Å². The molecule has 0 fully saturated rings. The van der Waals surface area contributed by atoms with E-state index in [9.17, 15) is 9.18 Å². The number of rotatable bonds is 7. The molecule has 0 spiro atoms. The molecule has 1 amide bonds. The van der Waals surface area contributed by atoms with E-state index in [4.69, 9.17) is 11.6 Å². The number of halogens is 2. The van der Waals surface area contributed by atoms with E-state index in [1.807, 2.05) is 6.92 Å². The van der Waals surface area contributed by atoms with Gasteiger partial charge in [0.2, 0.25) is 5.91 Å². The largest absolute Gasteiger partial charge is 0.338 e. The maximum absolute atomic E-state index is 13.7. The van der Waals surface area contributed by atoms with E-state index in [2.05, 4.69) is 5.32 Å². The molecule has 0 aliphatic rings. The SMILES string of the molecule is CCCN(Cc1c(F)cccc1Cl)C(=O)CCNC. The normalized spacial score (nSPS) is 10.5. The van der Waals surface area contributed by atoms with Gasteiger partial charge in [-0.15, -0.1) is 0 Å². The van der Waals surface area contributed by atoms with Crippen molar-refractivity contribution in [3.05, 3.63) is 34.6 Å². The lowest BCUT2D eigenvalue weighted by Gasteiger charge is -2.23. The molecule has 19 heavy (non-hydrogen) atoms. The molecule has 0 heterocycles. The Hall–Kier alpha value is -1.13. The molecule has 5 heteroatoms. The van der Waals surface area contributed by atoms with Crippen LogP contribution in [0.4, 0.5) is 4.39 Å². The van der Waals surface area contributed by atoms with Crippen molar-refractivity contribution in [3.63, 3.8) is 0 Å². The number of carbonyl (C=O) groups excluding carboxylic acids is 1. The van der Waals surface area contributed by atoms with E-state index >= 15 is 0 Å². The van der Waals surface area contributed by atoms with Gasteiger partial charge in [-0.05, 0) is 25.6 Å². The summed E-state index contributed by atoms with van der Waals surface area (Å²) in [6, 6.07) is 4.57. The van der Waals surface area contributed by atoms with Crippen molar-refractivity contribution < 1.29 is 9.18 Å². The van der Waals surface area contributed by atoms with Crippen LogP contribution in [0.25, 0.3) is 0 Å². The lowest BCUT2D eigenvalue weighted by Crippen LogP contribution is -2.33. The Morgan fingerprint density at radius 3 is 2.79 bits per heavy atom. The highest BCUT2D eigenvalue weighted by atomic mass is 35.5. The minimum Gasteiger partial charge on any atom is -0.338 e. The average molecular weight is 287 g/mol. The maximum Gasteiger partial charge on any atom is 0.224 e. The van der Waals surface area contributed by atoms with Crippen LogP contribution in [0.2, 0.25) is 5.02 Å². The van der Waals surface area contributed by atoms with Gasteiger partial charge in [-0.3, -0.25) is 4.79 Å². The van der Waals surface area contributed by atoms with Crippen LogP contribution in [-0.4, -0.2) is 30.9 Å². The quantitative estimate of drug-likeness (QED) is 0.836. The van der Waals surface area contributed by atoms with Crippen LogP contribution >= 0.6 is 11.6 Å². The van der Waals surface area contributed by atoms with E-state index in [1.165, 1.54) is 6.07 Å². The first-order valence-corrected chi connectivity index (χ1v) is 6.83. The molecule has 1 aromatic rings. The molecule has 0 radical (unpaired) electrons. The van der Waals surface area contributed by atoms with Crippen molar-refractivity contribution in [2.45, 2.75) is 26.3 Å². The van der Waals surface area contributed by atoms with Crippen molar-refractivity contribution in [3.8, 4) is 0 Å². The molecule has 0 aliphatic carbocycles. The molecule has 0 saturated carbocycles. The number of nitrogens with zero attached hydrogens (tertiary/aromatic N) is 1. The summed E-state index contributed by atoms with van der Waals surface area (Å²) in [7, 11) is 1.80. The standard InChI is InChI=1S/C14H20ClFN2O/c1-3-9-18(14(19)7-8-17-2)10-11-12(15)5-4-6-13(11)16/h4-6,17H,3,7-10H2,1-2H3. The van der Waals surface area contributed by atoms with Gasteiger partial charge in [0.05, 0.1) is 0 Å². The maximum atomic E-state index is 13.7. The van der Waals surface area contributed by atoms with Crippen molar-refractivity contribution >= 4 is 17.5 Å². The van der Waals surface area contributed by atoms with Gasteiger partial charge < -0.3 is 10.2 Å². The van der Waals surface area contributed by atoms with E-state index in [0.29, 0.717) is 30.1 Å². The van der Waals surface area contributed by atoms with Crippen molar-refractivity contribution in [2.75, 3.05) is 20.1 Å². The predicted octanol–water partition coefficient (Wildman–Crippen LogP) is 2.83. The lowest BCUT2D eigenvalue weighted by atomic mass is 10.2. The molecule has 0 aliphatic heterocycles. The molecule has 0 unspecified atom stereocenters. The average Bonchev–Trinajstić information content (AvgIpc) is 2.39. The molecular weight excluding hydrogens is 267 g/mol. The monoisotopic (exact) mass is 286 g/mol. The van der Waals surface area contributed by atoms with E-state index < -0.39 is 0 Å². The number of nitrogens with one attached hydrogen (secondary N) is 1. The van der Waals surface area contributed by atoms with E-state index in [-0.39, 0.29) is 18.3 Å². The first-order valence-electron chi connectivity index (χ1n) is 6.45. The Bertz CT molecular complexity index is 406. The number of hydrogen-bond acceptors (Lipinski definition) is 2. The van der Waals surface area contributed by atoms with Crippen LogP contribution in [-0.2, 0) is 11.3 Å². The van der Waals surface area contributed by atoms with Crippen molar-refractivity contribution in [1.29, 1.82) is 0 Å². The highest BCUT2D eigenvalue weighted by Crippen LogP contribution is 2.21. The van der Waals surface area contributed by atoms with E-state index in [1.54, 1.807) is 24.1 Å². The molecule has 1 rings (SSSR count). The van der Waals surface area contributed by atoms with Crippen LogP contribution < -0.4 is 5.32 Å². The van der Waals surface area contributed by atoms with Crippen LogP contribution in [0.1, 0.15) is 25.3 Å². The first kappa shape index (κ1) is 15.9. The minimum atomic E-state index is -0.366. The Morgan fingerprint density at radius 1 is 1.47 bits per heavy atom. The number of carbonyl (C=O) groups is 1. The van der Waals surface area contributed by atoms with E-state index in [0.717, 1.165) is 6.42 Å². The fourth-order valence-electron chi connectivity index (χ4n) is 1.83. The number of hydrogen-bond donors (Lipinski definition) is 1. The van der Waals surface area contributed by atoms with Crippen molar-refractivity contribution in [2.24, 2.45) is 0 Å². The molecule has 3 nitrogen and oxygen atoms in total. The molecular formula is C14H20ClFN2O. The summed E-state index contributed by atoms with van der Waals surface area (Å²) < 4.78 is 13.7. The molecule has 1 aromatic carbocycles. The number of benzene rings is 1. The summed E-state index contributed by atoms with van der Waals surface area (Å²) in [6.07, 6.45) is 1.24. The zero-order valence-corrected chi connectivity index (χ0v) is 12.1. The zero-order valence-electron chi connectivity index (χ0n) is 11.4. The highest BCUT2D eigenvalue weighted by molar-refractivity contribution is 6.31. The van der Waals surface area contributed by atoms with Gasteiger partial charge in [0.25, 0.3) is 0 Å². The summed E-state index contributed by atoms with van der Waals surface area (Å²) >= 11 is 5.99. The zero-order chi connectivity index (χ0) is 14.3. The lowest BCUT2D eigenvalue weighted by molar-refractivity contribution is -0.131. The topological polar surface area (TPSA) is 32.3 Å². The summed E-state index contributed by atoms with van der Waals surface area (Å²) in [5, 5.41) is 3.30. The summed E-state index contributed by atoms with van der Waals surface area (Å²) in [6.45, 7) is 3.43. The number of amides is 1. The van der Waals surface area contributed by atoms with Gasteiger partial charge in [0.1, 0.15) is 5.82 Å². The highest BCUT2D eigenvalue weighted by Gasteiger charge is 2.16.